The summed E-state index contributed by atoms with van der Waals surface area (Å²) in [6.45, 7) is 19.8. The number of β-lactam (4-membered cyclic amide) rings is 1. The lowest BCUT2D eigenvalue weighted by Crippen LogP contribution is -2.70. The van der Waals surface area contributed by atoms with Crippen LogP contribution in [0.2, 0.25) is 0 Å². The minimum atomic E-state index is -1.45. The van der Waals surface area contributed by atoms with Crippen molar-refractivity contribution in [3.63, 3.8) is 0 Å². The fourth-order valence-corrected chi connectivity index (χ4v) is 7.04. The number of rotatable bonds is 15. The average Bonchev–Trinajstić information content (AvgIpc) is 3.35. The number of fused-ring (bicyclic) bond motifs is 2. The molecule has 0 aromatic heterocycles. The molecule has 1 aromatic rings. The highest BCUT2D eigenvalue weighted by molar-refractivity contribution is 8.00. The Labute approximate surface area is 292 Å². The lowest BCUT2D eigenvalue weighted by molar-refractivity contribution is -0.150. The van der Waals surface area contributed by atoms with E-state index >= 15 is 0 Å². The molecule has 272 valence electrons. The summed E-state index contributed by atoms with van der Waals surface area (Å²) in [5, 5.41) is 30.3. The van der Waals surface area contributed by atoms with Gasteiger partial charge in [-0.05, 0) is 69.8 Å². The van der Waals surface area contributed by atoms with Crippen molar-refractivity contribution >= 4 is 47.3 Å². The molecule has 49 heavy (non-hydrogen) atoms. The molecule has 3 aliphatic rings. The highest BCUT2D eigenvalue weighted by atomic mass is 32.2. The molecule has 0 saturated carbocycles. The molecular formula is C34H51N5O9S. The largest absolute Gasteiger partial charge is 0.480 e. The third-order valence-corrected chi connectivity index (χ3v) is 10.1. The maximum absolute atomic E-state index is 12.6. The first-order valence-corrected chi connectivity index (χ1v) is 17.9. The molecule has 3 atom stereocenters. The number of benzene rings is 1. The van der Waals surface area contributed by atoms with Gasteiger partial charge in [0.1, 0.15) is 23.2 Å². The Hall–Kier alpha value is -3.79. The standard InChI is InChI=1S/C22H21N3O9S.2C6H15N/c26-8-10-9-35-20-15(19(30)25(20)16(10)22(33)34)23-14(27)7-3-6-13(21(31)32)24-17(28)11-4-1-2-5-12(11)18(24)29;2*1-4-7(5-2)6-3/h1-2,4-5,13,15,20,26H,3,6-9H2,(H,23,27)(H,31,32)(H,33,34);2*4-6H2,1-3H3/t13-,15+,20-;;/m1../s1. The number of nitrogens with one attached hydrogen (secondary N) is 1. The molecule has 0 spiro atoms. The second-order valence-electron chi connectivity index (χ2n) is 11.4. The quantitative estimate of drug-likeness (QED) is 0.154. The van der Waals surface area contributed by atoms with Gasteiger partial charge in [-0.1, -0.05) is 53.7 Å². The van der Waals surface area contributed by atoms with Gasteiger partial charge in [-0.3, -0.25) is 29.0 Å². The van der Waals surface area contributed by atoms with Crippen LogP contribution in [-0.4, -0.2) is 140 Å². The number of carbonyl (C=O) groups excluding carboxylic acids is 4. The predicted octanol–water partition coefficient (Wildman–Crippen LogP) is 2.33. The number of aliphatic hydroxyl groups is 1. The van der Waals surface area contributed by atoms with Gasteiger partial charge in [0, 0.05) is 12.2 Å². The van der Waals surface area contributed by atoms with E-state index in [1.54, 1.807) is 12.1 Å². The lowest BCUT2D eigenvalue weighted by atomic mass is 10.0. The smallest absolute Gasteiger partial charge is 0.352 e. The number of hydrogen-bond donors (Lipinski definition) is 4. The molecule has 4 amide bonds. The van der Waals surface area contributed by atoms with Crippen LogP contribution in [-0.2, 0) is 19.2 Å². The molecule has 4 N–H and O–H groups in total. The molecule has 1 fully saturated rings. The van der Waals surface area contributed by atoms with Crippen LogP contribution >= 0.6 is 11.8 Å². The first-order chi connectivity index (χ1) is 23.4. The van der Waals surface area contributed by atoms with Crippen LogP contribution in [0.3, 0.4) is 0 Å². The van der Waals surface area contributed by atoms with Crippen LogP contribution in [0.5, 0.6) is 0 Å². The van der Waals surface area contributed by atoms with E-state index < -0.39 is 59.6 Å². The number of aliphatic carboxylic acids is 2. The van der Waals surface area contributed by atoms with Gasteiger partial charge in [0.05, 0.1) is 17.7 Å². The van der Waals surface area contributed by atoms with Crippen molar-refractivity contribution in [1.29, 1.82) is 0 Å². The molecule has 0 bridgehead atoms. The van der Waals surface area contributed by atoms with E-state index in [4.69, 9.17) is 0 Å². The van der Waals surface area contributed by atoms with Crippen molar-refractivity contribution in [1.82, 2.24) is 24.9 Å². The van der Waals surface area contributed by atoms with Gasteiger partial charge in [0.25, 0.3) is 17.7 Å². The summed E-state index contributed by atoms with van der Waals surface area (Å²) in [6, 6.07) is 3.62. The molecule has 3 heterocycles. The molecule has 15 heteroatoms. The van der Waals surface area contributed by atoms with Crippen LogP contribution in [0.15, 0.2) is 35.5 Å². The van der Waals surface area contributed by atoms with Crippen molar-refractivity contribution < 1.29 is 44.1 Å². The number of hydrogen-bond acceptors (Lipinski definition) is 10. The van der Waals surface area contributed by atoms with E-state index in [0.29, 0.717) is 4.90 Å². The lowest BCUT2D eigenvalue weighted by Gasteiger charge is -2.49. The average molecular weight is 706 g/mol. The minimum Gasteiger partial charge on any atom is -0.480 e. The topological polar surface area (TPSA) is 188 Å². The third-order valence-electron chi connectivity index (χ3n) is 8.74. The van der Waals surface area contributed by atoms with Gasteiger partial charge >= 0.3 is 11.9 Å². The zero-order chi connectivity index (χ0) is 36.8. The molecule has 0 aliphatic carbocycles. The van der Waals surface area contributed by atoms with Crippen LogP contribution in [0.1, 0.15) is 81.5 Å². The number of imide groups is 1. The van der Waals surface area contributed by atoms with Crippen molar-refractivity contribution in [2.45, 2.75) is 78.3 Å². The van der Waals surface area contributed by atoms with Crippen LogP contribution < -0.4 is 5.32 Å². The summed E-state index contributed by atoms with van der Waals surface area (Å²) >= 11 is 1.21. The van der Waals surface area contributed by atoms with E-state index in [1.807, 2.05) is 0 Å². The highest BCUT2D eigenvalue weighted by Gasteiger charge is 2.54. The number of carbonyl (C=O) groups is 6. The normalized spacial score (nSPS) is 18.6. The van der Waals surface area contributed by atoms with E-state index in [0.717, 1.165) is 4.90 Å². The summed E-state index contributed by atoms with van der Waals surface area (Å²) in [5.74, 6) is -5.11. The number of carboxylic acid groups (broad SMARTS) is 2. The monoisotopic (exact) mass is 705 g/mol. The van der Waals surface area contributed by atoms with Gasteiger partial charge < -0.3 is 30.4 Å². The Morgan fingerprint density at radius 2 is 1.37 bits per heavy atom. The Bertz CT molecular complexity index is 1320. The van der Waals surface area contributed by atoms with Gasteiger partial charge in [0.2, 0.25) is 5.91 Å². The highest BCUT2D eigenvalue weighted by Crippen LogP contribution is 2.40. The molecule has 14 nitrogen and oxygen atoms in total. The fraction of sp³-hybridized carbons (Fsp3) is 0.588. The maximum atomic E-state index is 12.6. The fourth-order valence-electron chi connectivity index (χ4n) is 5.70. The van der Waals surface area contributed by atoms with E-state index in [1.165, 1.54) is 63.2 Å². The zero-order valence-corrected chi connectivity index (χ0v) is 30.1. The second kappa shape index (κ2) is 20.0. The number of thioether (sulfide) groups is 1. The first kappa shape index (κ1) is 41.4. The van der Waals surface area contributed by atoms with Crippen LogP contribution in [0, 0.1) is 0 Å². The number of nitrogens with zero attached hydrogens (tertiary/aromatic N) is 4. The zero-order valence-electron chi connectivity index (χ0n) is 29.3. The maximum Gasteiger partial charge on any atom is 0.352 e. The van der Waals surface area contributed by atoms with Crippen LogP contribution in [0.4, 0.5) is 0 Å². The Balaban J connectivity index is 0.000000500. The number of amides is 4. The van der Waals surface area contributed by atoms with Crippen molar-refractivity contribution in [3.8, 4) is 0 Å². The summed E-state index contributed by atoms with van der Waals surface area (Å²) in [5.41, 5.74) is 0.180. The van der Waals surface area contributed by atoms with E-state index in [9.17, 15) is 44.1 Å². The Morgan fingerprint density at radius 1 is 0.878 bits per heavy atom. The van der Waals surface area contributed by atoms with Crippen molar-refractivity contribution in [2.24, 2.45) is 0 Å². The van der Waals surface area contributed by atoms with Gasteiger partial charge in [0.15, 0.2) is 0 Å². The van der Waals surface area contributed by atoms with Gasteiger partial charge in [-0.15, -0.1) is 11.8 Å². The van der Waals surface area contributed by atoms with E-state index in [2.05, 4.69) is 56.7 Å². The Morgan fingerprint density at radius 3 is 1.76 bits per heavy atom. The minimum absolute atomic E-state index is 0.0214. The van der Waals surface area contributed by atoms with Crippen LogP contribution in [0.25, 0.3) is 0 Å². The predicted molar refractivity (Wildman–Crippen MR) is 186 cm³/mol. The number of carboxylic acids is 2. The summed E-state index contributed by atoms with van der Waals surface area (Å²) < 4.78 is 0. The first-order valence-electron chi connectivity index (χ1n) is 16.8. The molecule has 1 saturated heterocycles. The summed E-state index contributed by atoms with van der Waals surface area (Å²) in [4.78, 5) is 79.9. The summed E-state index contributed by atoms with van der Waals surface area (Å²) in [6.07, 6.45) is -0.311. The molecular weight excluding hydrogens is 654 g/mol. The molecule has 0 unspecified atom stereocenters. The molecule has 0 radical (unpaired) electrons. The summed E-state index contributed by atoms with van der Waals surface area (Å²) in [7, 11) is 0. The molecule has 1 aromatic carbocycles. The molecule has 3 aliphatic heterocycles. The third kappa shape index (κ3) is 10.1. The van der Waals surface area contributed by atoms with Crippen molar-refractivity contribution in [2.75, 3.05) is 51.6 Å². The molecule has 4 rings (SSSR count). The van der Waals surface area contributed by atoms with Crippen molar-refractivity contribution in [3.05, 3.63) is 46.7 Å². The van der Waals surface area contributed by atoms with Gasteiger partial charge in [-0.25, -0.2) is 9.59 Å². The van der Waals surface area contributed by atoms with Gasteiger partial charge in [-0.2, -0.15) is 0 Å². The SMILES string of the molecule is CCN(CC)CC.CCN(CC)CC.O=C(CCC[C@H](C(=O)O)N1C(=O)c2ccccc2C1=O)N[C@H]1C(=O)N2C(C(=O)O)=C(CO)CS[C@H]12. The second-order valence-corrected chi connectivity index (χ2v) is 12.5. The van der Waals surface area contributed by atoms with E-state index in [-0.39, 0.29) is 47.4 Å². The Kier molecular flexibility index (Phi) is 16.9. The number of aliphatic hydroxyl groups excluding tert-OH is 1.